The van der Waals surface area contributed by atoms with Gasteiger partial charge in [0.15, 0.2) is 0 Å². The molecule has 0 atom stereocenters. The Labute approximate surface area is 151 Å². The molecule has 2 aliphatic heterocycles. The molecule has 1 aliphatic carbocycles. The Kier molecular flexibility index (Phi) is 3.28. The van der Waals surface area contributed by atoms with E-state index >= 15 is 0 Å². The Morgan fingerprint density at radius 2 is 1.96 bits per heavy atom. The molecular weight excluding hydrogens is 328 g/mol. The van der Waals surface area contributed by atoms with Gasteiger partial charge in [-0.2, -0.15) is 5.26 Å². The number of fused-ring (bicyclic) bond motifs is 1. The lowest BCUT2D eigenvalue weighted by Crippen LogP contribution is -2.56. The molecule has 7 nitrogen and oxygen atoms in total. The van der Waals surface area contributed by atoms with Crippen molar-refractivity contribution in [2.45, 2.75) is 31.7 Å². The molecule has 3 fully saturated rings. The van der Waals surface area contributed by atoms with Crippen molar-refractivity contribution in [2.75, 3.05) is 36.0 Å². The van der Waals surface area contributed by atoms with Gasteiger partial charge in [-0.25, -0.2) is 4.98 Å². The molecule has 2 saturated heterocycles. The molecule has 0 amide bonds. The Balaban J connectivity index is 1.62. The minimum absolute atomic E-state index is 0.189. The van der Waals surface area contributed by atoms with Crippen LogP contribution in [0.2, 0.25) is 0 Å². The zero-order valence-electron chi connectivity index (χ0n) is 14.7. The Morgan fingerprint density at radius 3 is 2.58 bits per heavy atom. The average Bonchev–Trinajstić information content (AvgIpc) is 3.37. The van der Waals surface area contributed by atoms with Crippen molar-refractivity contribution < 1.29 is 0 Å². The third kappa shape index (κ3) is 2.36. The highest BCUT2D eigenvalue weighted by Crippen LogP contribution is 2.54. The summed E-state index contributed by atoms with van der Waals surface area (Å²) in [5.41, 5.74) is 7.77. The van der Waals surface area contributed by atoms with Crippen LogP contribution in [-0.4, -0.2) is 42.2 Å². The molecule has 2 aromatic heterocycles. The SMILES string of the molecule is N#Cc1c(N2CCC3(CC2)CC3)c2cc(N3CC(N)C3)ncc2[nH]c1=O. The summed E-state index contributed by atoms with van der Waals surface area (Å²) in [7, 11) is 0. The molecule has 0 bridgehead atoms. The summed E-state index contributed by atoms with van der Waals surface area (Å²) in [5.74, 6) is 0.854. The smallest absolute Gasteiger partial charge is 0.268 e. The van der Waals surface area contributed by atoms with Gasteiger partial charge in [-0.3, -0.25) is 4.79 Å². The molecular formula is C19H22N6O. The van der Waals surface area contributed by atoms with Crippen molar-refractivity contribution in [3.63, 3.8) is 0 Å². The molecule has 5 rings (SSSR count). The van der Waals surface area contributed by atoms with Gasteiger partial charge in [0.2, 0.25) is 0 Å². The van der Waals surface area contributed by atoms with E-state index in [0.29, 0.717) is 10.9 Å². The van der Waals surface area contributed by atoms with E-state index in [1.807, 2.05) is 6.07 Å². The van der Waals surface area contributed by atoms with E-state index in [2.05, 4.69) is 25.8 Å². The third-order valence-electron chi connectivity index (χ3n) is 6.30. The maximum Gasteiger partial charge on any atom is 0.268 e. The van der Waals surface area contributed by atoms with Crippen molar-refractivity contribution in [1.82, 2.24) is 9.97 Å². The van der Waals surface area contributed by atoms with Crippen molar-refractivity contribution >= 4 is 22.4 Å². The van der Waals surface area contributed by atoms with Crippen LogP contribution < -0.4 is 21.1 Å². The highest BCUT2D eigenvalue weighted by atomic mass is 16.1. The lowest BCUT2D eigenvalue weighted by molar-refractivity contribution is 0.385. The van der Waals surface area contributed by atoms with Gasteiger partial charge < -0.3 is 20.5 Å². The summed E-state index contributed by atoms with van der Waals surface area (Å²) < 4.78 is 0. The zero-order valence-corrected chi connectivity index (χ0v) is 14.7. The fourth-order valence-corrected chi connectivity index (χ4v) is 4.35. The molecule has 26 heavy (non-hydrogen) atoms. The summed E-state index contributed by atoms with van der Waals surface area (Å²) in [5, 5.41) is 10.5. The summed E-state index contributed by atoms with van der Waals surface area (Å²) in [4.78, 5) is 24.1. The molecule has 0 aromatic carbocycles. The number of anilines is 2. The summed E-state index contributed by atoms with van der Waals surface area (Å²) >= 11 is 0. The highest BCUT2D eigenvalue weighted by molar-refractivity contribution is 5.95. The van der Waals surface area contributed by atoms with Gasteiger partial charge in [0, 0.05) is 37.6 Å². The summed E-state index contributed by atoms with van der Waals surface area (Å²) in [6.45, 7) is 3.38. The van der Waals surface area contributed by atoms with E-state index in [1.54, 1.807) is 6.20 Å². The standard InChI is InChI=1S/C19H22N6O/c20-8-14-17(24-5-3-19(1-2-19)4-6-24)13-7-16(25-10-12(21)11-25)22-9-15(13)23-18(14)26/h7,9,12H,1-6,10-11,21H2,(H,23,26). The van der Waals surface area contributed by atoms with Crippen LogP contribution in [0.4, 0.5) is 11.5 Å². The van der Waals surface area contributed by atoms with Crippen molar-refractivity contribution in [1.29, 1.82) is 5.26 Å². The number of H-pyrrole nitrogens is 1. The van der Waals surface area contributed by atoms with E-state index in [1.165, 1.54) is 12.8 Å². The maximum absolute atomic E-state index is 12.4. The number of nitriles is 1. The molecule has 2 aromatic rings. The lowest BCUT2D eigenvalue weighted by Gasteiger charge is -2.38. The predicted octanol–water partition coefficient (Wildman–Crippen LogP) is 1.32. The van der Waals surface area contributed by atoms with Gasteiger partial charge in [0.25, 0.3) is 5.56 Å². The molecule has 1 saturated carbocycles. The first kappa shape index (κ1) is 15.6. The minimum atomic E-state index is -0.331. The topological polar surface area (TPSA) is 102 Å². The largest absolute Gasteiger partial charge is 0.370 e. The molecule has 3 aliphatic rings. The monoisotopic (exact) mass is 350 g/mol. The second-order valence-electron chi connectivity index (χ2n) is 8.03. The number of aromatic nitrogens is 2. The Hall–Kier alpha value is -2.59. The number of aromatic amines is 1. The van der Waals surface area contributed by atoms with Crippen LogP contribution in [0, 0.1) is 16.7 Å². The van der Waals surface area contributed by atoms with Gasteiger partial charge in [0.05, 0.1) is 17.4 Å². The first-order valence-electron chi connectivity index (χ1n) is 9.30. The number of rotatable bonds is 2. The van der Waals surface area contributed by atoms with Crippen molar-refractivity contribution in [3.8, 4) is 6.07 Å². The average molecular weight is 350 g/mol. The van der Waals surface area contributed by atoms with Crippen LogP contribution in [0.3, 0.4) is 0 Å². The van der Waals surface area contributed by atoms with Crippen LogP contribution in [0.5, 0.6) is 0 Å². The van der Waals surface area contributed by atoms with Crippen LogP contribution >= 0.6 is 0 Å². The number of pyridine rings is 2. The van der Waals surface area contributed by atoms with E-state index in [0.717, 1.165) is 55.9 Å². The highest BCUT2D eigenvalue weighted by Gasteiger charge is 2.44. The number of nitrogens with one attached hydrogen (secondary N) is 1. The van der Waals surface area contributed by atoms with E-state index in [9.17, 15) is 10.1 Å². The molecule has 0 radical (unpaired) electrons. The third-order valence-corrected chi connectivity index (χ3v) is 6.30. The number of hydrogen-bond acceptors (Lipinski definition) is 6. The Bertz CT molecular complexity index is 970. The molecule has 7 heteroatoms. The zero-order chi connectivity index (χ0) is 17.9. The van der Waals surface area contributed by atoms with Gasteiger partial charge in [-0.05, 0) is 37.2 Å². The summed E-state index contributed by atoms with van der Waals surface area (Å²) in [6.07, 6.45) is 6.64. The number of nitrogens with two attached hydrogens (primary N) is 1. The minimum Gasteiger partial charge on any atom is -0.370 e. The van der Waals surface area contributed by atoms with Crippen LogP contribution in [0.25, 0.3) is 10.9 Å². The van der Waals surface area contributed by atoms with E-state index in [4.69, 9.17) is 5.73 Å². The van der Waals surface area contributed by atoms with Crippen molar-refractivity contribution in [2.24, 2.45) is 11.1 Å². The first-order chi connectivity index (χ1) is 12.6. The second kappa shape index (κ2) is 5.45. The molecule has 0 unspecified atom stereocenters. The van der Waals surface area contributed by atoms with E-state index in [-0.39, 0.29) is 17.2 Å². The fourth-order valence-electron chi connectivity index (χ4n) is 4.35. The summed E-state index contributed by atoms with van der Waals surface area (Å²) in [6, 6.07) is 4.32. The number of hydrogen-bond donors (Lipinski definition) is 2. The quantitative estimate of drug-likeness (QED) is 0.847. The Morgan fingerprint density at radius 1 is 1.23 bits per heavy atom. The van der Waals surface area contributed by atoms with Crippen LogP contribution in [-0.2, 0) is 0 Å². The normalized spacial score (nSPS) is 21.7. The van der Waals surface area contributed by atoms with Crippen LogP contribution in [0.1, 0.15) is 31.2 Å². The van der Waals surface area contributed by atoms with Gasteiger partial charge >= 0.3 is 0 Å². The molecule has 134 valence electrons. The predicted molar refractivity (Wildman–Crippen MR) is 100 cm³/mol. The fraction of sp³-hybridized carbons (Fsp3) is 0.526. The number of nitrogens with zero attached hydrogens (tertiary/aromatic N) is 4. The number of piperidine rings is 1. The molecule has 4 heterocycles. The van der Waals surface area contributed by atoms with Crippen LogP contribution in [0.15, 0.2) is 17.1 Å². The van der Waals surface area contributed by atoms with Crippen molar-refractivity contribution in [3.05, 3.63) is 28.2 Å². The first-order valence-corrected chi connectivity index (χ1v) is 9.30. The maximum atomic E-state index is 12.4. The van der Waals surface area contributed by atoms with Gasteiger partial charge in [-0.15, -0.1) is 0 Å². The van der Waals surface area contributed by atoms with Gasteiger partial charge in [-0.1, -0.05) is 0 Å². The van der Waals surface area contributed by atoms with Gasteiger partial charge in [0.1, 0.15) is 17.5 Å². The molecule has 1 spiro atoms. The second-order valence-corrected chi connectivity index (χ2v) is 8.03. The molecule has 3 N–H and O–H groups in total. The lowest BCUT2D eigenvalue weighted by atomic mass is 9.92. The van der Waals surface area contributed by atoms with E-state index < -0.39 is 0 Å².